The number of hydrogen-bond acceptors (Lipinski definition) is 9. The number of rotatable bonds is 8. The molecule has 0 amide bonds. The first-order valence-electron chi connectivity index (χ1n) is 15.5. The number of ether oxygens (including phenoxy) is 1. The predicted octanol–water partition coefficient (Wildman–Crippen LogP) is 6.45. The molecule has 5 heterocycles. The maximum absolute atomic E-state index is 14.0. The Kier molecular flexibility index (Phi) is 7.82. The van der Waals surface area contributed by atoms with Crippen molar-refractivity contribution in [2.45, 2.75) is 50.8 Å². The summed E-state index contributed by atoms with van der Waals surface area (Å²) in [4.78, 5) is 27.3. The second-order valence-corrected chi connectivity index (χ2v) is 15.0. The number of thiophene rings is 1. The van der Waals surface area contributed by atoms with Crippen LogP contribution in [-0.4, -0.2) is 58.4 Å². The highest BCUT2D eigenvalue weighted by Gasteiger charge is 2.25. The Bertz CT molecular complexity index is 2260. The third-order valence-electron chi connectivity index (χ3n) is 8.81. The number of fused-ring (bicyclic) bond motifs is 4. The minimum Gasteiger partial charge on any atom is -0.495 e. The molecule has 1 aliphatic rings. The van der Waals surface area contributed by atoms with Crippen LogP contribution in [0.15, 0.2) is 70.5 Å². The van der Waals surface area contributed by atoms with Gasteiger partial charge in [-0.1, -0.05) is 30.7 Å². The molecule has 0 radical (unpaired) electrons. The van der Waals surface area contributed by atoms with Gasteiger partial charge < -0.3 is 15.0 Å². The van der Waals surface area contributed by atoms with Gasteiger partial charge in [-0.2, -0.15) is 4.98 Å². The lowest BCUT2D eigenvalue weighted by Crippen LogP contribution is -2.33. The topological polar surface area (TPSA) is 111 Å². The van der Waals surface area contributed by atoms with E-state index in [0.29, 0.717) is 38.6 Å². The van der Waals surface area contributed by atoms with Gasteiger partial charge in [0.25, 0.3) is 15.6 Å². The van der Waals surface area contributed by atoms with Crippen molar-refractivity contribution in [1.29, 1.82) is 0 Å². The van der Waals surface area contributed by atoms with E-state index >= 15 is 0 Å². The zero-order chi connectivity index (χ0) is 32.2. The number of hydrogen-bond donors (Lipinski definition) is 1. The zero-order valence-corrected chi connectivity index (χ0v) is 27.9. The number of likely N-dealkylation sites (tertiary alicyclic amines) is 1. The molecule has 0 bridgehead atoms. The van der Waals surface area contributed by atoms with Gasteiger partial charge in [0.15, 0.2) is 11.3 Å². The van der Waals surface area contributed by atoms with Crippen LogP contribution in [0, 0.1) is 13.8 Å². The van der Waals surface area contributed by atoms with Crippen LogP contribution < -0.4 is 15.6 Å². The Hall–Kier alpha value is -4.26. The number of nitrogens with zero attached hydrogens (tertiary/aromatic N) is 5. The molecular formula is C34H36N6O4S2. The number of nitrogens with one attached hydrogen (secondary N) is 1. The molecule has 6 aromatic rings. The molecule has 12 heteroatoms. The zero-order valence-electron chi connectivity index (χ0n) is 26.3. The molecule has 0 atom stereocenters. The Labute approximate surface area is 271 Å². The van der Waals surface area contributed by atoms with Gasteiger partial charge >= 0.3 is 0 Å². The van der Waals surface area contributed by atoms with E-state index < -0.39 is 10.0 Å². The van der Waals surface area contributed by atoms with E-state index in [4.69, 9.17) is 14.7 Å². The second-order valence-electron chi connectivity index (χ2n) is 12.0. The normalized spacial score (nSPS) is 14.9. The van der Waals surface area contributed by atoms with E-state index in [-0.39, 0.29) is 22.1 Å². The van der Waals surface area contributed by atoms with Crippen LogP contribution >= 0.6 is 11.3 Å². The monoisotopic (exact) mass is 656 g/mol. The first kappa shape index (κ1) is 30.4. The smallest absolute Gasteiger partial charge is 0.278 e. The molecule has 7 rings (SSSR count). The van der Waals surface area contributed by atoms with Crippen molar-refractivity contribution in [2.75, 3.05) is 32.1 Å². The summed E-state index contributed by atoms with van der Waals surface area (Å²) >= 11 is 1.37. The number of aromatic nitrogens is 4. The fourth-order valence-electron chi connectivity index (χ4n) is 6.41. The van der Waals surface area contributed by atoms with Crippen LogP contribution in [0.5, 0.6) is 5.75 Å². The van der Waals surface area contributed by atoms with E-state index in [1.54, 1.807) is 37.4 Å². The van der Waals surface area contributed by atoms with Gasteiger partial charge in [0, 0.05) is 11.1 Å². The molecule has 238 valence electrons. The maximum atomic E-state index is 14.0. The molecule has 1 N–H and O–H groups in total. The lowest BCUT2D eigenvalue weighted by Gasteiger charge is -2.32. The Morgan fingerprint density at radius 1 is 1.00 bits per heavy atom. The SMILES string of the molecule is CCCN1CCC(c2ccc(Nc3nc4c(ccn4S(=O)(=O)c4ccc(C)cc4)c4nc5cc(C)sc5c(=O)n34)c(OC)c2)CC1. The molecule has 2 aromatic carbocycles. The Balaban J connectivity index is 1.37. The van der Waals surface area contributed by atoms with Crippen molar-refractivity contribution < 1.29 is 13.2 Å². The van der Waals surface area contributed by atoms with E-state index in [1.165, 1.54) is 27.5 Å². The highest BCUT2D eigenvalue weighted by atomic mass is 32.2. The minimum absolute atomic E-state index is 0.138. The number of benzene rings is 2. The highest BCUT2D eigenvalue weighted by Crippen LogP contribution is 2.36. The number of aryl methyl sites for hydroxylation is 2. The van der Waals surface area contributed by atoms with Crippen LogP contribution in [-0.2, 0) is 10.0 Å². The van der Waals surface area contributed by atoms with E-state index in [1.807, 2.05) is 26.0 Å². The van der Waals surface area contributed by atoms with Crippen molar-refractivity contribution in [3.8, 4) is 5.75 Å². The van der Waals surface area contributed by atoms with Gasteiger partial charge in [0.05, 0.1) is 28.6 Å². The molecule has 0 unspecified atom stereocenters. The lowest BCUT2D eigenvalue weighted by molar-refractivity contribution is 0.212. The molecule has 1 fully saturated rings. The van der Waals surface area contributed by atoms with Gasteiger partial charge in [0.1, 0.15) is 10.4 Å². The number of piperidine rings is 1. The molecule has 4 aromatic heterocycles. The molecule has 10 nitrogen and oxygen atoms in total. The quantitative estimate of drug-likeness (QED) is 0.199. The van der Waals surface area contributed by atoms with E-state index in [9.17, 15) is 13.2 Å². The van der Waals surface area contributed by atoms with Gasteiger partial charge in [0.2, 0.25) is 5.95 Å². The van der Waals surface area contributed by atoms with Crippen LogP contribution in [0.3, 0.4) is 0 Å². The summed E-state index contributed by atoms with van der Waals surface area (Å²) < 4.78 is 36.6. The van der Waals surface area contributed by atoms with Gasteiger partial charge in [-0.25, -0.2) is 21.8 Å². The molecule has 0 aliphatic carbocycles. The Morgan fingerprint density at radius 2 is 1.76 bits per heavy atom. The third-order valence-corrected chi connectivity index (χ3v) is 11.5. The second kappa shape index (κ2) is 11.8. The third kappa shape index (κ3) is 5.23. The van der Waals surface area contributed by atoms with E-state index in [2.05, 4.69) is 29.3 Å². The minimum atomic E-state index is -4.00. The van der Waals surface area contributed by atoms with Crippen LogP contribution in [0.2, 0.25) is 0 Å². The Morgan fingerprint density at radius 3 is 2.48 bits per heavy atom. The number of anilines is 2. The van der Waals surface area contributed by atoms with Crippen LogP contribution in [0.1, 0.15) is 48.1 Å². The van der Waals surface area contributed by atoms with Crippen molar-refractivity contribution in [3.05, 3.63) is 87.2 Å². The summed E-state index contributed by atoms with van der Waals surface area (Å²) in [5, 5.41) is 3.76. The predicted molar refractivity (Wildman–Crippen MR) is 184 cm³/mol. The van der Waals surface area contributed by atoms with Crippen molar-refractivity contribution in [1.82, 2.24) is 23.2 Å². The summed E-state index contributed by atoms with van der Waals surface area (Å²) in [5.41, 5.74) is 3.53. The summed E-state index contributed by atoms with van der Waals surface area (Å²) in [6.07, 6.45) is 4.80. The molecule has 0 spiro atoms. The average Bonchev–Trinajstić information content (AvgIpc) is 3.66. The van der Waals surface area contributed by atoms with Crippen LogP contribution in [0.25, 0.3) is 26.9 Å². The van der Waals surface area contributed by atoms with Gasteiger partial charge in [-0.15, -0.1) is 11.3 Å². The molecule has 46 heavy (non-hydrogen) atoms. The highest BCUT2D eigenvalue weighted by molar-refractivity contribution is 7.90. The summed E-state index contributed by atoms with van der Waals surface area (Å²) in [7, 11) is -2.38. The van der Waals surface area contributed by atoms with Crippen LogP contribution in [0.4, 0.5) is 11.6 Å². The molecule has 0 saturated carbocycles. The fourth-order valence-corrected chi connectivity index (χ4v) is 8.59. The largest absolute Gasteiger partial charge is 0.495 e. The van der Waals surface area contributed by atoms with Crippen molar-refractivity contribution in [2.24, 2.45) is 0 Å². The molecular weight excluding hydrogens is 621 g/mol. The summed E-state index contributed by atoms with van der Waals surface area (Å²) in [5.74, 6) is 1.19. The lowest BCUT2D eigenvalue weighted by atomic mass is 9.89. The summed E-state index contributed by atoms with van der Waals surface area (Å²) in [6, 6.07) is 16.3. The van der Waals surface area contributed by atoms with Gasteiger partial charge in [-0.3, -0.25) is 4.79 Å². The first-order chi connectivity index (χ1) is 22.2. The number of methoxy groups -OCH3 is 1. The summed E-state index contributed by atoms with van der Waals surface area (Å²) in [6.45, 7) is 9.33. The van der Waals surface area contributed by atoms with Crippen molar-refractivity contribution in [3.63, 3.8) is 0 Å². The fraction of sp³-hybridized carbons (Fsp3) is 0.324. The first-order valence-corrected chi connectivity index (χ1v) is 17.8. The average molecular weight is 657 g/mol. The molecule has 1 aliphatic heterocycles. The standard InChI is InChI=1S/C34H36N6O4S2/c1-5-15-38-16-12-23(13-17-38)24-8-11-27(29(20-24)44-4)36-34-37-31-26(32-35-28-19-22(3)45-30(28)33(41)40(32)34)14-18-39(31)46(42,43)25-9-6-21(2)7-10-25/h6-11,14,18-20,23H,5,12-13,15-17H2,1-4H3,(H,36,37). The molecule has 1 saturated heterocycles. The van der Waals surface area contributed by atoms with E-state index in [0.717, 1.165) is 53.3 Å². The van der Waals surface area contributed by atoms with Crippen molar-refractivity contribution >= 4 is 59.9 Å². The van der Waals surface area contributed by atoms with Gasteiger partial charge in [-0.05, 0) is 101 Å². The maximum Gasteiger partial charge on any atom is 0.278 e.